The Morgan fingerprint density at radius 2 is 2.25 bits per heavy atom. The molecule has 1 aliphatic carbocycles. The van der Waals surface area contributed by atoms with Gasteiger partial charge >= 0.3 is 0 Å². The average molecular weight is 334 g/mol. The van der Waals surface area contributed by atoms with Gasteiger partial charge in [-0.3, -0.25) is 4.68 Å². The third-order valence-electron chi connectivity index (χ3n) is 4.14. The molecule has 106 valence electrons. The molecule has 1 aromatic carbocycles. The quantitative estimate of drug-likeness (QED) is 0.906. The molecule has 2 atom stereocenters. The normalized spacial score (nSPS) is 18.4. The lowest BCUT2D eigenvalue weighted by molar-refractivity contribution is 0.390. The summed E-state index contributed by atoms with van der Waals surface area (Å²) in [5.41, 5.74) is 4.21. The molecule has 0 saturated heterocycles. The van der Waals surface area contributed by atoms with Crippen LogP contribution in [-0.2, 0) is 13.5 Å². The minimum Gasteiger partial charge on any atom is -0.308 e. The second-order valence-electron chi connectivity index (χ2n) is 5.44. The topological polar surface area (TPSA) is 29.9 Å². The van der Waals surface area contributed by atoms with Gasteiger partial charge in [-0.05, 0) is 46.4 Å². The van der Waals surface area contributed by atoms with E-state index in [9.17, 15) is 0 Å². The van der Waals surface area contributed by atoms with E-state index in [1.807, 2.05) is 17.9 Å². The van der Waals surface area contributed by atoms with Crippen LogP contribution >= 0.6 is 15.9 Å². The molecule has 0 spiro atoms. The van der Waals surface area contributed by atoms with Crippen molar-refractivity contribution in [2.75, 3.05) is 6.54 Å². The highest BCUT2D eigenvalue weighted by Crippen LogP contribution is 2.44. The maximum atomic E-state index is 4.37. The zero-order valence-electron chi connectivity index (χ0n) is 11.9. The van der Waals surface area contributed by atoms with Crippen LogP contribution in [0.3, 0.4) is 0 Å². The number of hydrogen-bond acceptors (Lipinski definition) is 2. The summed E-state index contributed by atoms with van der Waals surface area (Å²) in [6, 6.07) is 9.09. The minimum atomic E-state index is 0.326. The lowest BCUT2D eigenvalue weighted by Gasteiger charge is -2.37. The van der Waals surface area contributed by atoms with Crippen LogP contribution in [0.4, 0.5) is 0 Å². The van der Waals surface area contributed by atoms with Crippen molar-refractivity contribution in [2.45, 2.75) is 31.7 Å². The Hall–Kier alpha value is -1.13. The lowest BCUT2D eigenvalue weighted by atomic mass is 9.72. The van der Waals surface area contributed by atoms with E-state index in [1.54, 1.807) is 0 Å². The Morgan fingerprint density at radius 3 is 2.90 bits per heavy atom. The zero-order chi connectivity index (χ0) is 14.1. The fourth-order valence-electron chi connectivity index (χ4n) is 3.09. The molecule has 1 aromatic heterocycles. The van der Waals surface area contributed by atoms with E-state index in [0.29, 0.717) is 12.0 Å². The predicted octanol–water partition coefficient (Wildman–Crippen LogP) is 3.56. The maximum absolute atomic E-state index is 4.37. The molecule has 3 rings (SSSR count). The van der Waals surface area contributed by atoms with Gasteiger partial charge in [0.05, 0.1) is 22.4 Å². The van der Waals surface area contributed by atoms with Gasteiger partial charge in [0.15, 0.2) is 0 Å². The summed E-state index contributed by atoms with van der Waals surface area (Å²) < 4.78 is 3.08. The van der Waals surface area contributed by atoms with E-state index < -0.39 is 0 Å². The molecule has 4 heteroatoms. The molecule has 0 amide bonds. The minimum absolute atomic E-state index is 0.326. The number of aryl methyl sites for hydroxylation is 1. The number of aromatic nitrogens is 2. The third kappa shape index (κ3) is 2.31. The molecule has 20 heavy (non-hydrogen) atoms. The number of benzene rings is 1. The van der Waals surface area contributed by atoms with Gasteiger partial charge < -0.3 is 5.32 Å². The van der Waals surface area contributed by atoms with Crippen molar-refractivity contribution in [1.82, 2.24) is 15.1 Å². The van der Waals surface area contributed by atoms with Crippen molar-refractivity contribution in [3.05, 3.63) is 51.8 Å². The van der Waals surface area contributed by atoms with Crippen LogP contribution in [-0.4, -0.2) is 16.3 Å². The number of halogens is 1. The Morgan fingerprint density at radius 1 is 1.45 bits per heavy atom. The molecule has 1 aliphatic rings. The number of fused-ring (bicyclic) bond motifs is 1. The summed E-state index contributed by atoms with van der Waals surface area (Å²) in [6.45, 7) is 3.23. The summed E-state index contributed by atoms with van der Waals surface area (Å²) in [6.07, 6.45) is 4.18. The second kappa shape index (κ2) is 5.70. The number of nitrogens with zero attached hydrogens (tertiary/aromatic N) is 2. The summed E-state index contributed by atoms with van der Waals surface area (Å²) in [5.74, 6) is 0.546. The third-order valence-corrected chi connectivity index (χ3v) is 4.75. The van der Waals surface area contributed by atoms with Gasteiger partial charge in [-0.1, -0.05) is 31.2 Å². The molecule has 3 nitrogen and oxygen atoms in total. The van der Waals surface area contributed by atoms with Crippen molar-refractivity contribution in [1.29, 1.82) is 0 Å². The van der Waals surface area contributed by atoms with Crippen LogP contribution in [0, 0.1) is 0 Å². The molecule has 1 N–H and O–H groups in total. The highest BCUT2D eigenvalue weighted by molar-refractivity contribution is 9.10. The smallest absolute Gasteiger partial charge is 0.0698 e. The Kier molecular flexibility index (Phi) is 3.94. The summed E-state index contributed by atoms with van der Waals surface area (Å²) in [5, 5.41) is 8.08. The number of hydrogen-bond donors (Lipinski definition) is 1. The SMILES string of the molecule is CCCNC(c1c(Br)cnn1C)C1Cc2ccccc21. The van der Waals surface area contributed by atoms with Gasteiger partial charge in [-0.15, -0.1) is 0 Å². The van der Waals surface area contributed by atoms with E-state index in [0.717, 1.165) is 23.9 Å². The standard InChI is InChI=1S/C16H20BrN3/c1-3-8-18-15(16-14(17)10-19-20(16)2)13-9-11-6-4-5-7-12(11)13/h4-7,10,13,15,18H,3,8-9H2,1-2H3. The zero-order valence-corrected chi connectivity index (χ0v) is 13.5. The molecule has 2 unspecified atom stereocenters. The largest absolute Gasteiger partial charge is 0.308 e. The van der Waals surface area contributed by atoms with Crippen LogP contribution in [0.15, 0.2) is 34.9 Å². The van der Waals surface area contributed by atoms with Crippen molar-refractivity contribution >= 4 is 15.9 Å². The maximum Gasteiger partial charge on any atom is 0.0698 e. The monoisotopic (exact) mass is 333 g/mol. The Balaban J connectivity index is 1.93. The fourth-order valence-corrected chi connectivity index (χ4v) is 3.69. The molecule has 0 fully saturated rings. The van der Waals surface area contributed by atoms with Crippen molar-refractivity contribution in [2.24, 2.45) is 7.05 Å². The van der Waals surface area contributed by atoms with Gasteiger partial charge in [0.25, 0.3) is 0 Å². The molecule has 1 heterocycles. The van der Waals surface area contributed by atoms with E-state index in [-0.39, 0.29) is 0 Å². The first kappa shape index (κ1) is 13.8. The van der Waals surface area contributed by atoms with Crippen LogP contribution in [0.2, 0.25) is 0 Å². The number of rotatable bonds is 5. The van der Waals surface area contributed by atoms with Gasteiger partial charge in [0.2, 0.25) is 0 Å². The van der Waals surface area contributed by atoms with Crippen molar-refractivity contribution < 1.29 is 0 Å². The summed E-state index contributed by atoms with van der Waals surface area (Å²) >= 11 is 3.65. The Labute approximate surface area is 128 Å². The van der Waals surface area contributed by atoms with Crippen LogP contribution < -0.4 is 5.32 Å². The Bertz CT molecular complexity index is 586. The fraction of sp³-hybridized carbons (Fsp3) is 0.438. The first-order valence-electron chi connectivity index (χ1n) is 7.21. The van der Waals surface area contributed by atoms with Crippen LogP contribution in [0.1, 0.15) is 42.1 Å². The van der Waals surface area contributed by atoms with Gasteiger partial charge in [0.1, 0.15) is 0 Å². The van der Waals surface area contributed by atoms with Gasteiger partial charge in [-0.25, -0.2) is 0 Å². The summed E-state index contributed by atoms with van der Waals surface area (Å²) in [7, 11) is 2.02. The first-order valence-corrected chi connectivity index (χ1v) is 8.00. The van der Waals surface area contributed by atoms with Crippen LogP contribution in [0.25, 0.3) is 0 Å². The molecule has 0 bridgehead atoms. The highest BCUT2D eigenvalue weighted by Gasteiger charge is 2.35. The van der Waals surface area contributed by atoms with E-state index in [2.05, 4.69) is 57.5 Å². The van der Waals surface area contributed by atoms with Crippen molar-refractivity contribution in [3.63, 3.8) is 0 Å². The predicted molar refractivity (Wildman–Crippen MR) is 84.8 cm³/mol. The lowest BCUT2D eigenvalue weighted by Crippen LogP contribution is -2.35. The van der Waals surface area contributed by atoms with E-state index in [1.165, 1.54) is 16.8 Å². The first-order chi connectivity index (χ1) is 9.72. The molecule has 0 aliphatic heterocycles. The highest BCUT2D eigenvalue weighted by atomic mass is 79.9. The molecule has 0 saturated carbocycles. The molecular weight excluding hydrogens is 314 g/mol. The van der Waals surface area contributed by atoms with Gasteiger partial charge in [0, 0.05) is 13.0 Å². The number of nitrogens with one attached hydrogen (secondary N) is 1. The second-order valence-corrected chi connectivity index (χ2v) is 6.30. The molecule has 0 radical (unpaired) electrons. The molecular formula is C16H20BrN3. The summed E-state index contributed by atoms with van der Waals surface area (Å²) in [4.78, 5) is 0. The molecule has 2 aromatic rings. The van der Waals surface area contributed by atoms with Gasteiger partial charge in [-0.2, -0.15) is 5.10 Å². The van der Waals surface area contributed by atoms with E-state index in [4.69, 9.17) is 0 Å². The van der Waals surface area contributed by atoms with Crippen molar-refractivity contribution in [3.8, 4) is 0 Å². The van der Waals surface area contributed by atoms with E-state index >= 15 is 0 Å². The van der Waals surface area contributed by atoms with Crippen LogP contribution in [0.5, 0.6) is 0 Å². The average Bonchev–Trinajstić information content (AvgIpc) is 2.75.